The van der Waals surface area contributed by atoms with Gasteiger partial charge in [0, 0.05) is 31.4 Å². The van der Waals surface area contributed by atoms with Crippen LogP contribution in [0.1, 0.15) is 33.6 Å². The van der Waals surface area contributed by atoms with Crippen molar-refractivity contribution in [3.8, 4) is 0 Å². The molecular weight excluding hydrogens is 278 g/mol. The second kappa shape index (κ2) is 7.29. The summed E-state index contributed by atoms with van der Waals surface area (Å²) in [6.45, 7) is 7.45. The van der Waals surface area contributed by atoms with Gasteiger partial charge in [-0.1, -0.05) is 13.8 Å². The minimum atomic E-state index is -0.518. The quantitative estimate of drug-likeness (QED) is 0.878. The Kier molecular flexibility index (Phi) is 5.41. The van der Waals surface area contributed by atoms with E-state index in [2.05, 4.69) is 15.5 Å². The average Bonchev–Trinajstić information content (AvgIpc) is 2.99. The zero-order chi connectivity index (χ0) is 16.1. The fourth-order valence-electron chi connectivity index (χ4n) is 2.70. The van der Waals surface area contributed by atoms with E-state index in [1.165, 1.54) is 25.5 Å². The normalized spacial score (nSPS) is 15.7. The number of benzene rings is 1. The third-order valence-corrected chi connectivity index (χ3v) is 3.91. The molecule has 1 aromatic carbocycles. The monoisotopic (exact) mass is 303 g/mol. The number of carbonyl (C=O) groups excluding carboxylic acids is 2. The molecule has 5 nitrogen and oxygen atoms in total. The number of rotatable bonds is 5. The Balaban J connectivity index is 1.99. The summed E-state index contributed by atoms with van der Waals surface area (Å²) >= 11 is 0. The molecule has 120 valence electrons. The molecule has 1 fully saturated rings. The molecule has 1 saturated heterocycles. The fraction of sp³-hybridized carbons (Fsp3) is 0.529. The highest BCUT2D eigenvalue weighted by Gasteiger charge is 2.23. The Labute approximate surface area is 132 Å². The predicted octanol–water partition coefficient (Wildman–Crippen LogP) is 2.39. The van der Waals surface area contributed by atoms with Gasteiger partial charge in [0.15, 0.2) is 0 Å². The Morgan fingerprint density at radius 3 is 2.18 bits per heavy atom. The molecule has 0 aromatic heterocycles. The first-order valence-electron chi connectivity index (χ1n) is 7.90. The molecule has 0 spiro atoms. The summed E-state index contributed by atoms with van der Waals surface area (Å²) in [5, 5.41) is 5.57. The lowest BCUT2D eigenvalue weighted by Gasteiger charge is -2.21. The van der Waals surface area contributed by atoms with Crippen LogP contribution in [-0.4, -0.2) is 30.9 Å². The van der Waals surface area contributed by atoms with Gasteiger partial charge in [0.2, 0.25) is 11.8 Å². The molecule has 2 N–H and O–H groups in total. The number of hydrogen-bond acceptors (Lipinski definition) is 3. The number of hydrogen-bond donors (Lipinski definition) is 2. The van der Waals surface area contributed by atoms with Gasteiger partial charge in [0.05, 0.1) is 0 Å². The number of amides is 2. The average molecular weight is 303 g/mol. The predicted molar refractivity (Wildman–Crippen MR) is 89.0 cm³/mol. The molecule has 0 aliphatic carbocycles. The van der Waals surface area contributed by atoms with Crippen molar-refractivity contribution >= 4 is 23.2 Å². The summed E-state index contributed by atoms with van der Waals surface area (Å²) < 4.78 is 0. The molecule has 1 heterocycles. The molecule has 0 saturated carbocycles. The van der Waals surface area contributed by atoms with Crippen LogP contribution in [0.25, 0.3) is 0 Å². The molecule has 0 unspecified atom stereocenters. The van der Waals surface area contributed by atoms with E-state index in [9.17, 15) is 9.59 Å². The van der Waals surface area contributed by atoms with E-state index in [0.717, 1.165) is 18.8 Å². The summed E-state index contributed by atoms with van der Waals surface area (Å²) in [5.41, 5.74) is 1.95. The Bertz CT molecular complexity index is 519. The van der Waals surface area contributed by atoms with Crippen LogP contribution in [0, 0.1) is 5.92 Å². The van der Waals surface area contributed by atoms with Crippen LogP contribution >= 0.6 is 0 Å². The smallest absolute Gasteiger partial charge is 0.247 e. The maximum Gasteiger partial charge on any atom is 0.247 e. The van der Waals surface area contributed by atoms with Gasteiger partial charge in [-0.2, -0.15) is 0 Å². The largest absolute Gasteiger partial charge is 0.372 e. The van der Waals surface area contributed by atoms with Gasteiger partial charge >= 0.3 is 0 Å². The van der Waals surface area contributed by atoms with Crippen molar-refractivity contribution in [2.75, 3.05) is 23.3 Å². The second-order valence-electron chi connectivity index (χ2n) is 6.15. The lowest BCUT2D eigenvalue weighted by atomic mass is 10.0. The number of anilines is 2. The molecule has 1 aliphatic heterocycles. The molecule has 0 radical (unpaired) electrons. The van der Waals surface area contributed by atoms with Gasteiger partial charge in [-0.15, -0.1) is 0 Å². The zero-order valence-electron chi connectivity index (χ0n) is 13.6. The van der Waals surface area contributed by atoms with Crippen LogP contribution in [0.15, 0.2) is 24.3 Å². The fourth-order valence-corrected chi connectivity index (χ4v) is 2.70. The molecule has 1 atom stereocenters. The first-order valence-corrected chi connectivity index (χ1v) is 7.90. The molecule has 2 rings (SSSR count). The summed E-state index contributed by atoms with van der Waals surface area (Å²) in [4.78, 5) is 25.9. The van der Waals surface area contributed by atoms with E-state index in [1.54, 1.807) is 0 Å². The standard InChI is InChI=1S/C17H25N3O2/c1-12(2)16(18-13(3)21)17(22)19-14-6-8-15(9-7-14)20-10-4-5-11-20/h6-9,12,16H,4-5,10-11H2,1-3H3,(H,18,21)(H,19,22)/t16-/m0/s1. The molecule has 1 aromatic rings. The highest BCUT2D eigenvalue weighted by atomic mass is 16.2. The maximum atomic E-state index is 12.3. The molecule has 2 amide bonds. The van der Waals surface area contributed by atoms with Crippen molar-refractivity contribution in [3.05, 3.63) is 24.3 Å². The molecule has 1 aliphatic rings. The van der Waals surface area contributed by atoms with E-state index in [4.69, 9.17) is 0 Å². The minimum Gasteiger partial charge on any atom is -0.372 e. The summed E-state index contributed by atoms with van der Waals surface area (Å²) in [5.74, 6) is -0.342. The maximum absolute atomic E-state index is 12.3. The van der Waals surface area contributed by atoms with E-state index in [-0.39, 0.29) is 17.7 Å². The SMILES string of the molecule is CC(=O)N[C@H](C(=O)Nc1ccc(N2CCCC2)cc1)C(C)C. The second-order valence-corrected chi connectivity index (χ2v) is 6.15. The first kappa shape index (κ1) is 16.3. The highest BCUT2D eigenvalue weighted by Crippen LogP contribution is 2.22. The van der Waals surface area contributed by atoms with Crippen LogP contribution in [-0.2, 0) is 9.59 Å². The topological polar surface area (TPSA) is 61.4 Å². The Hall–Kier alpha value is -2.04. The van der Waals surface area contributed by atoms with Crippen LogP contribution in [0.5, 0.6) is 0 Å². The third kappa shape index (κ3) is 4.23. The number of nitrogens with zero attached hydrogens (tertiary/aromatic N) is 1. The summed E-state index contributed by atoms with van der Waals surface area (Å²) in [6.07, 6.45) is 2.48. The molecule has 5 heteroatoms. The van der Waals surface area contributed by atoms with Gasteiger partial charge < -0.3 is 15.5 Å². The lowest BCUT2D eigenvalue weighted by Crippen LogP contribution is -2.46. The van der Waals surface area contributed by atoms with Crippen LogP contribution in [0.3, 0.4) is 0 Å². The molecule has 22 heavy (non-hydrogen) atoms. The third-order valence-electron chi connectivity index (χ3n) is 3.91. The first-order chi connectivity index (χ1) is 10.5. The Morgan fingerprint density at radius 1 is 1.09 bits per heavy atom. The van der Waals surface area contributed by atoms with Crippen molar-refractivity contribution in [1.29, 1.82) is 0 Å². The van der Waals surface area contributed by atoms with Gasteiger partial charge in [-0.25, -0.2) is 0 Å². The van der Waals surface area contributed by atoms with Crippen molar-refractivity contribution < 1.29 is 9.59 Å². The van der Waals surface area contributed by atoms with Gasteiger partial charge in [-0.3, -0.25) is 9.59 Å². The molecular formula is C17H25N3O2. The van der Waals surface area contributed by atoms with Gasteiger partial charge in [0.25, 0.3) is 0 Å². The van der Waals surface area contributed by atoms with Crippen molar-refractivity contribution in [1.82, 2.24) is 5.32 Å². The minimum absolute atomic E-state index is 0.0350. The number of carbonyl (C=O) groups is 2. The van der Waals surface area contributed by atoms with Crippen molar-refractivity contribution in [3.63, 3.8) is 0 Å². The summed E-state index contributed by atoms with van der Waals surface area (Å²) in [6, 6.07) is 7.37. The van der Waals surface area contributed by atoms with Crippen LogP contribution in [0.4, 0.5) is 11.4 Å². The van der Waals surface area contributed by atoms with Crippen molar-refractivity contribution in [2.45, 2.75) is 39.7 Å². The highest BCUT2D eigenvalue weighted by molar-refractivity contribution is 5.97. The van der Waals surface area contributed by atoms with Gasteiger partial charge in [0.1, 0.15) is 6.04 Å². The summed E-state index contributed by atoms with van der Waals surface area (Å²) in [7, 11) is 0. The van der Waals surface area contributed by atoms with E-state index in [1.807, 2.05) is 38.1 Å². The van der Waals surface area contributed by atoms with Crippen LogP contribution in [0.2, 0.25) is 0 Å². The van der Waals surface area contributed by atoms with Crippen molar-refractivity contribution in [2.24, 2.45) is 5.92 Å². The lowest BCUT2D eigenvalue weighted by molar-refractivity contribution is -0.126. The van der Waals surface area contributed by atoms with Gasteiger partial charge in [-0.05, 0) is 43.0 Å². The molecule has 0 bridgehead atoms. The van der Waals surface area contributed by atoms with Crippen LogP contribution < -0.4 is 15.5 Å². The number of nitrogens with one attached hydrogen (secondary N) is 2. The zero-order valence-corrected chi connectivity index (χ0v) is 13.6. The van der Waals surface area contributed by atoms with E-state index in [0.29, 0.717) is 0 Å². The Morgan fingerprint density at radius 2 is 1.68 bits per heavy atom. The van der Waals surface area contributed by atoms with E-state index < -0.39 is 6.04 Å². The van der Waals surface area contributed by atoms with E-state index >= 15 is 0 Å².